The van der Waals surface area contributed by atoms with Gasteiger partial charge < -0.3 is 10.6 Å². The number of hydrogen-bond acceptors (Lipinski definition) is 4. The van der Waals surface area contributed by atoms with Crippen LogP contribution in [0.25, 0.3) is 0 Å². The highest BCUT2D eigenvalue weighted by atomic mass is 35.5. The van der Waals surface area contributed by atoms with Crippen molar-refractivity contribution in [1.82, 2.24) is 9.97 Å². The quantitative estimate of drug-likeness (QED) is 0.807. The Morgan fingerprint density at radius 2 is 2.07 bits per heavy atom. The van der Waals surface area contributed by atoms with Gasteiger partial charge in [0.15, 0.2) is 0 Å². The van der Waals surface area contributed by atoms with Gasteiger partial charge in [-0.3, -0.25) is 0 Å². The van der Waals surface area contributed by atoms with E-state index in [-0.39, 0.29) is 11.5 Å². The molecule has 1 heterocycles. The molecular weight excluding hydrogens is 212 g/mol. The van der Waals surface area contributed by atoms with Crippen molar-refractivity contribution in [3.8, 4) is 0 Å². The highest BCUT2D eigenvalue weighted by Crippen LogP contribution is 2.24. The lowest BCUT2D eigenvalue weighted by Gasteiger charge is -2.35. The molecule has 2 N–H and O–H groups in total. The smallest absolute Gasteiger partial charge is 0.223 e. The van der Waals surface area contributed by atoms with E-state index in [2.05, 4.69) is 35.6 Å². The van der Waals surface area contributed by atoms with Crippen LogP contribution in [0.1, 0.15) is 27.2 Å². The summed E-state index contributed by atoms with van der Waals surface area (Å²) in [6, 6.07) is 1.72. The minimum Gasteiger partial charge on any atom is -0.368 e. The molecule has 0 aliphatic carbocycles. The lowest BCUT2D eigenvalue weighted by Crippen LogP contribution is -2.41. The maximum Gasteiger partial charge on any atom is 0.223 e. The van der Waals surface area contributed by atoms with E-state index in [1.165, 1.54) is 0 Å². The lowest BCUT2D eigenvalue weighted by molar-refractivity contribution is 0.467. The predicted octanol–water partition coefficient (Wildman–Crippen LogP) is 2.34. The van der Waals surface area contributed by atoms with Crippen molar-refractivity contribution in [1.29, 1.82) is 0 Å². The molecule has 5 heteroatoms. The van der Waals surface area contributed by atoms with Crippen LogP contribution < -0.4 is 10.6 Å². The van der Waals surface area contributed by atoms with E-state index in [9.17, 15) is 0 Å². The molecule has 0 spiro atoms. The van der Waals surface area contributed by atoms with E-state index in [1.54, 1.807) is 6.07 Å². The van der Waals surface area contributed by atoms with Gasteiger partial charge in [0.25, 0.3) is 0 Å². The Bertz CT molecular complexity index is 331. The molecule has 15 heavy (non-hydrogen) atoms. The summed E-state index contributed by atoms with van der Waals surface area (Å²) in [6.45, 7) is 6.40. The topological polar surface area (TPSA) is 55.0 Å². The number of nitrogens with two attached hydrogens (primary N) is 1. The number of rotatable bonds is 3. The van der Waals surface area contributed by atoms with Gasteiger partial charge in [-0.25, -0.2) is 4.98 Å². The minimum absolute atomic E-state index is 0.0180. The van der Waals surface area contributed by atoms with E-state index in [1.807, 2.05) is 7.05 Å². The zero-order chi connectivity index (χ0) is 11.6. The van der Waals surface area contributed by atoms with E-state index in [0.29, 0.717) is 5.15 Å². The summed E-state index contributed by atoms with van der Waals surface area (Å²) >= 11 is 5.83. The summed E-state index contributed by atoms with van der Waals surface area (Å²) in [5.41, 5.74) is 5.57. The number of anilines is 2. The molecule has 0 radical (unpaired) electrons. The average Bonchev–Trinajstić information content (AvgIpc) is 2.15. The number of hydrogen-bond donors (Lipinski definition) is 1. The molecular formula is C10H17ClN4. The molecule has 0 fully saturated rings. The molecule has 0 saturated heterocycles. The van der Waals surface area contributed by atoms with Crippen LogP contribution >= 0.6 is 11.6 Å². The van der Waals surface area contributed by atoms with Gasteiger partial charge in [-0.15, -0.1) is 0 Å². The molecule has 1 aromatic heterocycles. The van der Waals surface area contributed by atoms with Crippen LogP contribution in [0.2, 0.25) is 5.15 Å². The Kier molecular flexibility index (Phi) is 3.39. The average molecular weight is 229 g/mol. The van der Waals surface area contributed by atoms with E-state index in [0.717, 1.165) is 12.2 Å². The fraction of sp³-hybridized carbons (Fsp3) is 0.600. The second kappa shape index (κ2) is 4.23. The first-order valence-corrected chi connectivity index (χ1v) is 5.28. The highest BCUT2D eigenvalue weighted by molar-refractivity contribution is 6.29. The molecule has 4 nitrogen and oxygen atoms in total. The summed E-state index contributed by atoms with van der Waals surface area (Å²) in [6.07, 6.45) is 1.00. The maximum atomic E-state index is 5.83. The van der Waals surface area contributed by atoms with Crippen LogP contribution in [0.3, 0.4) is 0 Å². The van der Waals surface area contributed by atoms with Crippen molar-refractivity contribution in [3.63, 3.8) is 0 Å². The summed E-state index contributed by atoms with van der Waals surface area (Å²) in [4.78, 5) is 10.0. The standard InChI is InChI=1S/C10H17ClN4/c1-5-10(2,3)15(4)8-6-7(11)13-9(12)14-8/h6H,5H2,1-4H3,(H2,12,13,14). The predicted molar refractivity (Wildman–Crippen MR) is 64.2 cm³/mol. The first-order valence-electron chi connectivity index (χ1n) is 4.90. The van der Waals surface area contributed by atoms with Gasteiger partial charge >= 0.3 is 0 Å². The van der Waals surface area contributed by atoms with Crippen LogP contribution in [-0.2, 0) is 0 Å². The van der Waals surface area contributed by atoms with Crippen molar-refractivity contribution in [3.05, 3.63) is 11.2 Å². The summed E-state index contributed by atoms with van der Waals surface area (Å²) in [7, 11) is 1.97. The van der Waals surface area contributed by atoms with Gasteiger partial charge in [-0.05, 0) is 20.3 Å². The summed E-state index contributed by atoms with van der Waals surface area (Å²) in [5.74, 6) is 0.954. The van der Waals surface area contributed by atoms with Gasteiger partial charge in [0.1, 0.15) is 11.0 Å². The number of halogens is 1. The number of nitrogen functional groups attached to an aromatic ring is 1. The van der Waals surface area contributed by atoms with Gasteiger partial charge in [0, 0.05) is 18.7 Å². The van der Waals surface area contributed by atoms with E-state index < -0.39 is 0 Å². The van der Waals surface area contributed by atoms with Crippen LogP contribution in [0, 0.1) is 0 Å². The Labute approximate surface area is 95.5 Å². The third kappa shape index (κ3) is 2.72. The SMILES string of the molecule is CCC(C)(C)N(C)c1cc(Cl)nc(N)n1. The van der Waals surface area contributed by atoms with E-state index >= 15 is 0 Å². The van der Waals surface area contributed by atoms with Crippen molar-refractivity contribution in [2.45, 2.75) is 32.7 Å². The lowest BCUT2D eigenvalue weighted by atomic mass is 10.0. The van der Waals surface area contributed by atoms with Crippen molar-refractivity contribution < 1.29 is 0 Å². The third-order valence-corrected chi connectivity index (χ3v) is 3.01. The van der Waals surface area contributed by atoms with Gasteiger partial charge in [0.05, 0.1) is 0 Å². The number of aromatic nitrogens is 2. The first-order chi connectivity index (χ1) is 6.86. The molecule has 0 amide bonds. The van der Waals surface area contributed by atoms with Crippen molar-refractivity contribution >= 4 is 23.4 Å². The summed E-state index contributed by atoms with van der Waals surface area (Å²) in [5, 5.41) is 0.372. The largest absolute Gasteiger partial charge is 0.368 e. The highest BCUT2D eigenvalue weighted by Gasteiger charge is 2.22. The Morgan fingerprint density at radius 1 is 1.47 bits per heavy atom. The van der Waals surface area contributed by atoms with Gasteiger partial charge in [0.2, 0.25) is 5.95 Å². The summed E-state index contributed by atoms with van der Waals surface area (Å²) < 4.78 is 0. The Hall–Kier alpha value is -1.03. The van der Waals surface area contributed by atoms with Crippen molar-refractivity contribution in [2.75, 3.05) is 17.7 Å². The molecule has 0 atom stereocenters. The monoisotopic (exact) mass is 228 g/mol. The zero-order valence-corrected chi connectivity index (χ0v) is 10.3. The second-order valence-corrected chi connectivity index (χ2v) is 4.52. The van der Waals surface area contributed by atoms with Crippen LogP contribution in [0.4, 0.5) is 11.8 Å². The molecule has 0 aliphatic heterocycles. The van der Waals surface area contributed by atoms with E-state index in [4.69, 9.17) is 17.3 Å². The van der Waals surface area contributed by atoms with Crippen molar-refractivity contribution in [2.24, 2.45) is 0 Å². The third-order valence-electron chi connectivity index (χ3n) is 2.82. The molecule has 0 saturated carbocycles. The minimum atomic E-state index is 0.0180. The maximum absolute atomic E-state index is 5.83. The molecule has 0 aliphatic rings. The zero-order valence-electron chi connectivity index (χ0n) is 9.58. The molecule has 1 rings (SSSR count). The van der Waals surface area contributed by atoms with Crippen LogP contribution in [0.15, 0.2) is 6.07 Å². The number of nitrogens with zero attached hydrogens (tertiary/aromatic N) is 3. The normalized spacial score (nSPS) is 11.5. The molecule has 0 bridgehead atoms. The Morgan fingerprint density at radius 3 is 2.53 bits per heavy atom. The van der Waals surface area contributed by atoms with Crippen LogP contribution in [-0.4, -0.2) is 22.6 Å². The molecule has 0 aromatic carbocycles. The molecule has 84 valence electrons. The van der Waals surface area contributed by atoms with Crippen LogP contribution in [0.5, 0.6) is 0 Å². The first kappa shape index (κ1) is 12.0. The second-order valence-electron chi connectivity index (χ2n) is 4.13. The molecule has 0 unspecified atom stereocenters. The fourth-order valence-corrected chi connectivity index (χ4v) is 1.33. The van der Waals surface area contributed by atoms with Gasteiger partial charge in [-0.1, -0.05) is 18.5 Å². The molecule has 1 aromatic rings. The Balaban J connectivity index is 3.06. The van der Waals surface area contributed by atoms with Gasteiger partial charge in [-0.2, -0.15) is 4.98 Å². The fourth-order valence-electron chi connectivity index (χ4n) is 1.14.